The third kappa shape index (κ3) is 5.24. The predicted molar refractivity (Wildman–Crippen MR) is 172 cm³/mol. The molecule has 0 aliphatic carbocycles. The van der Waals surface area contributed by atoms with Crippen molar-refractivity contribution in [3.8, 4) is 32.8 Å². The fourth-order valence-corrected chi connectivity index (χ4v) is 6.64. The van der Waals surface area contributed by atoms with Gasteiger partial charge in [0.1, 0.15) is 16.8 Å². The number of aromatic nitrogens is 4. The molecular formula is C34H31ClN4O2S. The smallest absolute Gasteiger partial charge is 0.163 e. The molecular weight excluding hydrogens is 564 g/mol. The number of carbonyl (C=O) groups excluding carboxylic acids is 1. The van der Waals surface area contributed by atoms with E-state index >= 15 is 0 Å². The Balaban J connectivity index is 1.59. The van der Waals surface area contributed by atoms with Crippen molar-refractivity contribution in [1.82, 2.24) is 19.5 Å². The van der Waals surface area contributed by atoms with E-state index in [9.17, 15) is 4.79 Å². The van der Waals surface area contributed by atoms with Gasteiger partial charge in [-0.1, -0.05) is 29.8 Å². The molecule has 6 rings (SSSR count). The van der Waals surface area contributed by atoms with E-state index < -0.39 is 11.7 Å². The van der Waals surface area contributed by atoms with Crippen molar-refractivity contribution in [2.45, 2.75) is 46.3 Å². The zero-order chi connectivity index (χ0) is 29.8. The van der Waals surface area contributed by atoms with E-state index in [0.717, 1.165) is 65.2 Å². The molecule has 1 atom stereocenters. The van der Waals surface area contributed by atoms with Crippen LogP contribution >= 0.6 is 22.9 Å². The van der Waals surface area contributed by atoms with Crippen LogP contribution in [0.25, 0.3) is 54.1 Å². The van der Waals surface area contributed by atoms with Gasteiger partial charge in [0.15, 0.2) is 5.78 Å². The summed E-state index contributed by atoms with van der Waals surface area (Å²) in [6.45, 7) is 9.51. The summed E-state index contributed by atoms with van der Waals surface area (Å²) in [5, 5.41) is 2.53. The van der Waals surface area contributed by atoms with Crippen LogP contribution in [0.1, 0.15) is 44.9 Å². The van der Waals surface area contributed by atoms with Gasteiger partial charge in [-0.15, -0.1) is 11.3 Å². The van der Waals surface area contributed by atoms with E-state index in [0.29, 0.717) is 5.02 Å². The summed E-state index contributed by atoms with van der Waals surface area (Å²) >= 11 is 7.87. The molecule has 8 heteroatoms. The molecule has 6 aromatic rings. The van der Waals surface area contributed by atoms with Crippen LogP contribution in [0.3, 0.4) is 0 Å². The van der Waals surface area contributed by atoms with Crippen molar-refractivity contribution in [1.29, 1.82) is 0 Å². The first kappa shape index (κ1) is 28.2. The van der Waals surface area contributed by atoms with E-state index in [-0.39, 0.29) is 5.78 Å². The minimum atomic E-state index is -0.727. The molecule has 0 amide bonds. The van der Waals surface area contributed by atoms with Crippen LogP contribution in [-0.4, -0.2) is 30.9 Å². The Hall–Kier alpha value is -3.91. The molecule has 0 spiro atoms. The average Bonchev–Trinajstić information content (AvgIpc) is 3.52. The third-order valence-corrected chi connectivity index (χ3v) is 8.59. The molecule has 2 aromatic carbocycles. The summed E-state index contributed by atoms with van der Waals surface area (Å²) in [4.78, 5) is 27.3. The maximum Gasteiger partial charge on any atom is 0.163 e. The summed E-state index contributed by atoms with van der Waals surface area (Å²) in [5.74, 6) is -0.0472. The Morgan fingerprint density at radius 3 is 2.48 bits per heavy atom. The molecule has 0 fully saturated rings. The molecule has 0 aliphatic rings. The number of nitrogens with zero attached hydrogens (tertiary/aromatic N) is 4. The Kier molecular flexibility index (Phi) is 7.21. The van der Waals surface area contributed by atoms with Gasteiger partial charge in [-0.25, -0.2) is 9.97 Å². The number of benzene rings is 2. The Morgan fingerprint density at radius 1 is 1.05 bits per heavy atom. The molecule has 0 N–H and O–H groups in total. The number of Topliss-reactive ketones (excluding diaryl/α,β-unsaturated/α-hetero) is 1. The van der Waals surface area contributed by atoms with Gasteiger partial charge in [0.25, 0.3) is 0 Å². The van der Waals surface area contributed by atoms with E-state index in [1.54, 1.807) is 24.5 Å². The minimum absolute atomic E-state index is 0.0472. The lowest BCUT2D eigenvalue weighted by atomic mass is 9.90. The van der Waals surface area contributed by atoms with Crippen LogP contribution in [0.2, 0.25) is 5.02 Å². The number of ether oxygens (including phenoxy) is 1. The van der Waals surface area contributed by atoms with E-state index in [4.69, 9.17) is 26.3 Å². The molecule has 212 valence electrons. The maximum absolute atomic E-state index is 13.1. The molecule has 0 bridgehead atoms. The van der Waals surface area contributed by atoms with Crippen molar-refractivity contribution in [3.63, 3.8) is 0 Å². The highest BCUT2D eigenvalue weighted by molar-refractivity contribution is 7.22. The SMILES string of the molecule is CC(=O)[C@@H](OC(C)(C)C)c1c(C)cc2nc(-c3cnc4c(c3)c(-c3cccnc3)cn4C)sc2c1-c1ccc(Cl)cc1. The van der Waals surface area contributed by atoms with Crippen LogP contribution in [0, 0.1) is 6.92 Å². The Bertz CT molecular complexity index is 1950. The number of fused-ring (bicyclic) bond motifs is 2. The zero-order valence-electron chi connectivity index (χ0n) is 24.4. The Labute approximate surface area is 254 Å². The topological polar surface area (TPSA) is 69.9 Å². The number of rotatable bonds is 6. The van der Waals surface area contributed by atoms with Crippen molar-refractivity contribution in [2.75, 3.05) is 0 Å². The fourth-order valence-electron chi connectivity index (χ4n) is 5.40. The molecule has 0 saturated heterocycles. The van der Waals surface area contributed by atoms with E-state index in [2.05, 4.69) is 29.4 Å². The number of carbonyl (C=O) groups is 1. The van der Waals surface area contributed by atoms with Gasteiger partial charge in [0, 0.05) is 70.1 Å². The minimum Gasteiger partial charge on any atom is -0.360 e. The third-order valence-electron chi connectivity index (χ3n) is 7.20. The van der Waals surface area contributed by atoms with Crippen LogP contribution in [0.4, 0.5) is 0 Å². The van der Waals surface area contributed by atoms with E-state index in [1.807, 2.05) is 82.0 Å². The lowest BCUT2D eigenvalue weighted by Crippen LogP contribution is -2.27. The number of halogens is 1. The number of ketones is 1. The highest BCUT2D eigenvalue weighted by atomic mass is 35.5. The number of pyridine rings is 2. The van der Waals surface area contributed by atoms with Gasteiger partial charge in [-0.3, -0.25) is 9.78 Å². The first-order chi connectivity index (χ1) is 20.0. The quantitative estimate of drug-likeness (QED) is 0.192. The number of thiazole rings is 1. The largest absolute Gasteiger partial charge is 0.360 e. The van der Waals surface area contributed by atoms with Crippen molar-refractivity contribution < 1.29 is 9.53 Å². The zero-order valence-corrected chi connectivity index (χ0v) is 26.0. The maximum atomic E-state index is 13.1. The van der Waals surface area contributed by atoms with Gasteiger partial charge < -0.3 is 9.30 Å². The van der Waals surface area contributed by atoms with Crippen molar-refractivity contribution in [3.05, 3.63) is 89.5 Å². The molecule has 0 saturated carbocycles. The van der Waals surface area contributed by atoms with Crippen LogP contribution < -0.4 is 0 Å². The average molecular weight is 595 g/mol. The highest BCUT2D eigenvalue weighted by Gasteiger charge is 2.30. The molecule has 6 nitrogen and oxygen atoms in total. The molecule has 4 aromatic heterocycles. The first-order valence-corrected chi connectivity index (χ1v) is 14.9. The molecule has 0 unspecified atom stereocenters. The monoisotopic (exact) mass is 594 g/mol. The second kappa shape index (κ2) is 10.7. The normalized spacial score (nSPS) is 12.7. The second-order valence-corrected chi connectivity index (χ2v) is 13.0. The van der Waals surface area contributed by atoms with Gasteiger partial charge in [-0.2, -0.15) is 0 Å². The Morgan fingerprint density at radius 2 is 1.81 bits per heavy atom. The lowest BCUT2D eigenvalue weighted by Gasteiger charge is -2.29. The number of aryl methyl sites for hydroxylation is 2. The van der Waals surface area contributed by atoms with Crippen LogP contribution in [0.5, 0.6) is 0 Å². The summed E-state index contributed by atoms with van der Waals surface area (Å²) in [7, 11) is 2.00. The van der Waals surface area contributed by atoms with Crippen LogP contribution in [0.15, 0.2) is 73.3 Å². The van der Waals surface area contributed by atoms with Crippen molar-refractivity contribution in [2.24, 2.45) is 7.05 Å². The second-order valence-electron chi connectivity index (χ2n) is 11.6. The van der Waals surface area contributed by atoms with Crippen LogP contribution in [-0.2, 0) is 16.6 Å². The lowest BCUT2D eigenvalue weighted by molar-refractivity contribution is -0.138. The molecule has 4 heterocycles. The van der Waals surface area contributed by atoms with E-state index in [1.165, 1.54) is 0 Å². The molecule has 0 radical (unpaired) electrons. The van der Waals surface area contributed by atoms with Gasteiger partial charge in [-0.05, 0) is 76.1 Å². The highest BCUT2D eigenvalue weighted by Crippen LogP contribution is 2.45. The predicted octanol–water partition coefficient (Wildman–Crippen LogP) is 8.99. The standard InChI is InChI=1S/C34H31ClN4O2S/c1-19-14-27-31(29(21-9-11-24(35)12-10-21)28(19)30(20(2)40)41-34(3,4)5)42-33(38-27)23-15-25-26(22-8-7-13-36-16-22)18-39(6)32(25)37-17-23/h7-18,30H,1-6H3/t30-/m1/s1. The number of hydrogen-bond donors (Lipinski definition) is 0. The summed E-state index contributed by atoms with van der Waals surface area (Å²) in [5.41, 5.74) is 7.97. The van der Waals surface area contributed by atoms with Crippen molar-refractivity contribution >= 4 is 50.0 Å². The molecule has 42 heavy (non-hydrogen) atoms. The summed E-state index contributed by atoms with van der Waals surface area (Å²) in [6.07, 6.45) is 6.88. The fraction of sp³-hybridized carbons (Fsp3) is 0.235. The first-order valence-electron chi connectivity index (χ1n) is 13.7. The summed E-state index contributed by atoms with van der Waals surface area (Å²) in [6, 6.07) is 15.9. The van der Waals surface area contributed by atoms with Gasteiger partial charge in [0.2, 0.25) is 0 Å². The molecule has 0 aliphatic heterocycles. The van der Waals surface area contributed by atoms with Gasteiger partial charge >= 0.3 is 0 Å². The summed E-state index contributed by atoms with van der Waals surface area (Å²) < 4.78 is 9.41. The van der Waals surface area contributed by atoms with Gasteiger partial charge in [0.05, 0.1) is 15.8 Å². The number of hydrogen-bond acceptors (Lipinski definition) is 6.